The van der Waals surface area contributed by atoms with Crippen LogP contribution in [0.1, 0.15) is 26.3 Å². The van der Waals surface area contributed by atoms with Crippen LogP contribution in [0.4, 0.5) is 0 Å². The second-order valence-corrected chi connectivity index (χ2v) is 5.07. The smallest absolute Gasteiger partial charge is 0.119 e. The summed E-state index contributed by atoms with van der Waals surface area (Å²) >= 11 is 0. The van der Waals surface area contributed by atoms with Crippen molar-refractivity contribution in [3.8, 4) is 17.0 Å². The summed E-state index contributed by atoms with van der Waals surface area (Å²) in [5, 5.41) is 9.86. The van der Waals surface area contributed by atoms with Crippen molar-refractivity contribution in [2.45, 2.75) is 26.2 Å². The summed E-state index contributed by atoms with van der Waals surface area (Å²) in [6.07, 6.45) is 1.90. The summed E-state index contributed by atoms with van der Waals surface area (Å²) in [7, 11) is 0. The van der Waals surface area contributed by atoms with E-state index >= 15 is 0 Å². The minimum Gasteiger partial charge on any atom is -0.508 e. The minimum atomic E-state index is -0.0489. The number of phenols is 1. The Hall–Kier alpha value is -1.70. The number of nitrogens with one attached hydrogen (secondary N) is 1. The van der Waals surface area contributed by atoms with Crippen LogP contribution in [0.15, 0.2) is 36.5 Å². The van der Waals surface area contributed by atoms with Crippen molar-refractivity contribution in [1.29, 1.82) is 0 Å². The molecule has 2 aromatic rings. The van der Waals surface area contributed by atoms with Crippen LogP contribution in [0.5, 0.6) is 5.75 Å². The first-order chi connectivity index (χ1) is 7.48. The Balaban J connectivity index is 2.52. The number of phenolic OH excluding ortho intramolecular Hbond substituents is 1. The molecule has 0 unspecified atom stereocenters. The van der Waals surface area contributed by atoms with Gasteiger partial charge < -0.3 is 10.1 Å². The van der Waals surface area contributed by atoms with E-state index in [-0.39, 0.29) is 5.41 Å². The Bertz CT molecular complexity index is 478. The molecule has 0 saturated carbocycles. The molecule has 2 heteroatoms. The number of rotatable bonds is 1. The fraction of sp³-hybridized carbons (Fsp3) is 0.286. The van der Waals surface area contributed by atoms with Crippen molar-refractivity contribution in [2.24, 2.45) is 0 Å². The van der Waals surface area contributed by atoms with Crippen LogP contribution in [0.2, 0.25) is 0 Å². The molecule has 0 aliphatic rings. The Morgan fingerprint density at radius 3 is 2.44 bits per heavy atom. The van der Waals surface area contributed by atoms with E-state index in [9.17, 15) is 5.11 Å². The fourth-order valence-electron chi connectivity index (χ4n) is 1.81. The summed E-state index contributed by atoms with van der Waals surface area (Å²) in [5.41, 5.74) is 3.10. The lowest BCUT2D eigenvalue weighted by molar-refractivity contribution is 0.447. The van der Waals surface area contributed by atoms with Crippen LogP contribution in [-0.2, 0) is 5.41 Å². The SMILES string of the molecule is CC(C)(C)c1cc(-c2ccc[nH]2)ccc1O. The molecule has 0 amide bonds. The maximum atomic E-state index is 9.86. The molecule has 0 spiro atoms. The fourth-order valence-corrected chi connectivity index (χ4v) is 1.81. The molecule has 0 fully saturated rings. The molecular formula is C14H17NO. The number of aromatic amines is 1. The number of aromatic nitrogens is 1. The highest BCUT2D eigenvalue weighted by atomic mass is 16.3. The molecule has 84 valence electrons. The first-order valence-corrected chi connectivity index (χ1v) is 5.46. The van der Waals surface area contributed by atoms with Crippen LogP contribution >= 0.6 is 0 Å². The molecule has 2 N–H and O–H groups in total. The van der Waals surface area contributed by atoms with Gasteiger partial charge >= 0.3 is 0 Å². The van der Waals surface area contributed by atoms with Gasteiger partial charge in [0.25, 0.3) is 0 Å². The molecule has 1 aromatic carbocycles. The third-order valence-corrected chi connectivity index (χ3v) is 2.71. The average Bonchev–Trinajstić information content (AvgIpc) is 2.69. The van der Waals surface area contributed by atoms with E-state index in [4.69, 9.17) is 0 Å². The predicted octanol–water partition coefficient (Wildman–Crippen LogP) is 3.68. The first-order valence-electron chi connectivity index (χ1n) is 5.46. The van der Waals surface area contributed by atoms with E-state index in [1.807, 2.05) is 30.5 Å². The van der Waals surface area contributed by atoms with Gasteiger partial charge in [-0.2, -0.15) is 0 Å². The zero-order valence-electron chi connectivity index (χ0n) is 9.91. The van der Waals surface area contributed by atoms with Crippen LogP contribution < -0.4 is 0 Å². The summed E-state index contributed by atoms with van der Waals surface area (Å²) in [4.78, 5) is 3.17. The van der Waals surface area contributed by atoms with E-state index in [2.05, 4.69) is 25.8 Å². The molecule has 0 aliphatic heterocycles. The molecule has 2 nitrogen and oxygen atoms in total. The van der Waals surface area contributed by atoms with Crippen LogP contribution in [0.3, 0.4) is 0 Å². The lowest BCUT2D eigenvalue weighted by Crippen LogP contribution is -2.11. The lowest BCUT2D eigenvalue weighted by atomic mass is 9.85. The largest absolute Gasteiger partial charge is 0.508 e. The molecule has 0 radical (unpaired) electrons. The Morgan fingerprint density at radius 1 is 1.12 bits per heavy atom. The van der Waals surface area contributed by atoms with Gasteiger partial charge in [0.1, 0.15) is 5.75 Å². The van der Waals surface area contributed by atoms with E-state index in [0.29, 0.717) is 5.75 Å². The third kappa shape index (κ3) is 1.96. The summed E-state index contributed by atoms with van der Waals surface area (Å²) in [6, 6.07) is 9.73. The zero-order valence-corrected chi connectivity index (χ0v) is 9.91. The van der Waals surface area contributed by atoms with Crippen LogP contribution in [0.25, 0.3) is 11.3 Å². The van der Waals surface area contributed by atoms with Crippen LogP contribution in [0, 0.1) is 0 Å². The number of aromatic hydroxyl groups is 1. The summed E-state index contributed by atoms with van der Waals surface area (Å²) < 4.78 is 0. The number of benzene rings is 1. The Morgan fingerprint density at radius 2 is 1.88 bits per heavy atom. The van der Waals surface area contributed by atoms with Gasteiger partial charge in [-0.1, -0.05) is 20.8 Å². The van der Waals surface area contributed by atoms with Crippen molar-refractivity contribution >= 4 is 0 Å². The van der Waals surface area contributed by atoms with Gasteiger partial charge in [0.2, 0.25) is 0 Å². The molecule has 0 saturated heterocycles. The minimum absolute atomic E-state index is 0.0489. The van der Waals surface area contributed by atoms with Gasteiger partial charge in [0.05, 0.1) is 0 Å². The molecular weight excluding hydrogens is 198 g/mol. The van der Waals surface area contributed by atoms with Crippen molar-refractivity contribution in [2.75, 3.05) is 0 Å². The third-order valence-electron chi connectivity index (χ3n) is 2.71. The van der Waals surface area contributed by atoms with Gasteiger partial charge in [-0.3, -0.25) is 0 Å². The topological polar surface area (TPSA) is 36.0 Å². The quantitative estimate of drug-likeness (QED) is 0.747. The number of H-pyrrole nitrogens is 1. The normalized spacial score (nSPS) is 11.7. The highest BCUT2D eigenvalue weighted by Crippen LogP contribution is 2.33. The van der Waals surface area contributed by atoms with Gasteiger partial charge in [0.15, 0.2) is 0 Å². The molecule has 0 aliphatic carbocycles. The second-order valence-electron chi connectivity index (χ2n) is 5.07. The Kier molecular flexibility index (Phi) is 2.50. The van der Waals surface area contributed by atoms with Crippen molar-refractivity contribution in [1.82, 2.24) is 4.98 Å². The van der Waals surface area contributed by atoms with Gasteiger partial charge in [-0.25, -0.2) is 0 Å². The zero-order chi connectivity index (χ0) is 11.8. The standard InChI is InChI=1S/C14H17NO/c1-14(2,3)11-9-10(6-7-13(11)16)12-5-4-8-15-12/h4-9,15-16H,1-3H3. The second kappa shape index (κ2) is 3.71. The summed E-state index contributed by atoms with van der Waals surface area (Å²) in [6.45, 7) is 6.29. The molecule has 16 heavy (non-hydrogen) atoms. The Labute approximate surface area is 96.0 Å². The monoisotopic (exact) mass is 215 g/mol. The molecule has 1 aromatic heterocycles. The van der Waals surface area contributed by atoms with Crippen LogP contribution in [-0.4, -0.2) is 10.1 Å². The molecule has 0 bridgehead atoms. The maximum Gasteiger partial charge on any atom is 0.119 e. The summed E-state index contributed by atoms with van der Waals surface area (Å²) in [5.74, 6) is 0.364. The average molecular weight is 215 g/mol. The van der Waals surface area contributed by atoms with Gasteiger partial charge in [-0.15, -0.1) is 0 Å². The number of hydrogen-bond donors (Lipinski definition) is 2. The lowest BCUT2D eigenvalue weighted by Gasteiger charge is -2.21. The maximum absolute atomic E-state index is 9.86. The number of hydrogen-bond acceptors (Lipinski definition) is 1. The van der Waals surface area contributed by atoms with E-state index in [1.54, 1.807) is 6.07 Å². The van der Waals surface area contributed by atoms with E-state index in [0.717, 1.165) is 16.8 Å². The molecule has 0 atom stereocenters. The van der Waals surface area contributed by atoms with Gasteiger partial charge in [-0.05, 0) is 46.9 Å². The first kappa shape index (κ1) is 10.8. The van der Waals surface area contributed by atoms with E-state index < -0.39 is 0 Å². The van der Waals surface area contributed by atoms with Crippen molar-refractivity contribution in [3.05, 3.63) is 42.1 Å². The highest BCUT2D eigenvalue weighted by molar-refractivity contribution is 5.62. The molecule has 1 heterocycles. The predicted molar refractivity (Wildman–Crippen MR) is 66.6 cm³/mol. The van der Waals surface area contributed by atoms with Crippen molar-refractivity contribution in [3.63, 3.8) is 0 Å². The van der Waals surface area contributed by atoms with Gasteiger partial charge in [0, 0.05) is 11.9 Å². The molecule has 2 rings (SSSR count). The van der Waals surface area contributed by atoms with Crippen molar-refractivity contribution < 1.29 is 5.11 Å². The van der Waals surface area contributed by atoms with E-state index in [1.165, 1.54) is 0 Å². The highest BCUT2D eigenvalue weighted by Gasteiger charge is 2.18.